The molecule has 0 atom stereocenters. The quantitative estimate of drug-likeness (QED) is 0.576. The Bertz CT molecular complexity index is 712. The van der Waals surface area contributed by atoms with Crippen molar-refractivity contribution in [2.24, 2.45) is 4.99 Å². The molecule has 0 aliphatic carbocycles. The number of nitrogens with zero attached hydrogens (tertiary/aromatic N) is 1. The van der Waals surface area contributed by atoms with Crippen molar-refractivity contribution in [3.63, 3.8) is 0 Å². The molecule has 5 heteroatoms. The van der Waals surface area contributed by atoms with Crippen molar-refractivity contribution in [1.29, 1.82) is 0 Å². The lowest BCUT2D eigenvalue weighted by molar-refractivity contribution is 0.0990. The van der Waals surface area contributed by atoms with Crippen LogP contribution in [0.25, 0.3) is 0 Å². The number of rotatable bonds is 6. The first-order chi connectivity index (χ1) is 10.6. The Morgan fingerprint density at radius 1 is 0.909 bits per heavy atom. The van der Waals surface area contributed by atoms with Crippen molar-refractivity contribution < 1.29 is 9.59 Å². The topological polar surface area (TPSA) is 46.5 Å². The average molecular weight is 334 g/mol. The van der Waals surface area contributed by atoms with Crippen LogP contribution in [-0.2, 0) is 0 Å². The van der Waals surface area contributed by atoms with E-state index in [0.717, 1.165) is 0 Å². The molecule has 0 bridgehead atoms. The minimum absolute atomic E-state index is 0.0265. The predicted octanol–water partition coefficient (Wildman–Crippen LogP) is 4.52. The van der Waals surface area contributed by atoms with Crippen LogP contribution in [0, 0.1) is 0 Å². The SMILES string of the molecule is O=C(CC=NCC(=O)c1ccccc1)c1ccc(Cl)c(Cl)c1. The Kier molecular flexibility index (Phi) is 5.87. The molecule has 0 aromatic heterocycles. The summed E-state index contributed by atoms with van der Waals surface area (Å²) in [4.78, 5) is 27.8. The van der Waals surface area contributed by atoms with Crippen LogP contribution in [0.2, 0.25) is 10.0 Å². The second kappa shape index (κ2) is 7.87. The van der Waals surface area contributed by atoms with Crippen LogP contribution in [-0.4, -0.2) is 24.3 Å². The number of aliphatic imine (C=N–C) groups is 1. The van der Waals surface area contributed by atoms with Gasteiger partial charge in [-0.15, -0.1) is 0 Å². The summed E-state index contributed by atoms with van der Waals surface area (Å²) in [6.45, 7) is 0.0265. The number of carbonyl (C=O) groups is 2. The maximum Gasteiger partial charge on any atom is 0.184 e. The van der Waals surface area contributed by atoms with Crippen LogP contribution < -0.4 is 0 Å². The van der Waals surface area contributed by atoms with E-state index >= 15 is 0 Å². The monoisotopic (exact) mass is 333 g/mol. The van der Waals surface area contributed by atoms with Crippen molar-refractivity contribution in [2.45, 2.75) is 6.42 Å². The summed E-state index contributed by atoms with van der Waals surface area (Å²) in [5.74, 6) is -0.215. The highest BCUT2D eigenvalue weighted by Gasteiger charge is 2.07. The van der Waals surface area contributed by atoms with Crippen molar-refractivity contribution in [3.05, 3.63) is 69.7 Å². The molecule has 2 aromatic rings. The molecule has 0 unspecified atom stereocenters. The van der Waals surface area contributed by atoms with Crippen LogP contribution >= 0.6 is 23.2 Å². The highest BCUT2D eigenvalue weighted by Crippen LogP contribution is 2.23. The molecule has 3 nitrogen and oxygen atoms in total. The Morgan fingerprint density at radius 2 is 1.64 bits per heavy atom. The average Bonchev–Trinajstić information content (AvgIpc) is 2.54. The molecule has 0 saturated carbocycles. The van der Waals surface area contributed by atoms with Gasteiger partial charge in [0.25, 0.3) is 0 Å². The van der Waals surface area contributed by atoms with Gasteiger partial charge in [0, 0.05) is 23.8 Å². The normalized spacial score (nSPS) is 10.8. The zero-order valence-electron chi connectivity index (χ0n) is 11.6. The van der Waals surface area contributed by atoms with E-state index in [0.29, 0.717) is 21.2 Å². The molecule has 112 valence electrons. The molecule has 0 aliphatic rings. The van der Waals surface area contributed by atoms with Gasteiger partial charge in [0.15, 0.2) is 11.6 Å². The van der Waals surface area contributed by atoms with Gasteiger partial charge in [0.2, 0.25) is 0 Å². The first-order valence-corrected chi connectivity index (χ1v) is 7.38. The van der Waals surface area contributed by atoms with Gasteiger partial charge in [-0.3, -0.25) is 14.6 Å². The molecule has 0 radical (unpaired) electrons. The first-order valence-electron chi connectivity index (χ1n) is 6.62. The third-order valence-corrected chi connectivity index (χ3v) is 3.72. The lowest BCUT2D eigenvalue weighted by Gasteiger charge is -2.00. The molecule has 0 spiro atoms. The molecule has 2 rings (SSSR count). The molecule has 0 heterocycles. The Labute approximate surface area is 138 Å². The highest BCUT2D eigenvalue weighted by atomic mass is 35.5. The van der Waals surface area contributed by atoms with Crippen LogP contribution in [0.3, 0.4) is 0 Å². The number of benzene rings is 2. The summed E-state index contributed by atoms with van der Waals surface area (Å²) in [7, 11) is 0. The third kappa shape index (κ3) is 4.52. The van der Waals surface area contributed by atoms with Crippen molar-refractivity contribution in [3.8, 4) is 0 Å². The number of carbonyl (C=O) groups excluding carboxylic acids is 2. The van der Waals surface area contributed by atoms with E-state index in [-0.39, 0.29) is 24.5 Å². The van der Waals surface area contributed by atoms with Gasteiger partial charge in [-0.1, -0.05) is 53.5 Å². The van der Waals surface area contributed by atoms with Crippen molar-refractivity contribution in [2.75, 3.05) is 6.54 Å². The molecular formula is C17H13Cl2NO2. The van der Waals surface area contributed by atoms with Gasteiger partial charge < -0.3 is 0 Å². The van der Waals surface area contributed by atoms with Gasteiger partial charge >= 0.3 is 0 Å². The van der Waals surface area contributed by atoms with Crippen molar-refractivity contribution >= 4 is 41.0 Å². The molecule has 0 fully saturated rings. The Hall–Kier alpha value is -1.97. The Morgan fingerprint density at radius 3 is 2.32 bits per heavy atom. The smallest absolute Gasteiger partial charge is 0.184 e. The predicted molar refractivity (Wildman–Crippen MR) is 89.5 cm³/mol. The van der Waals surface area contributed by atoms with Crippen LogP contribution in [0.1, 0.15) is 27.1 Å². The second-order valence-corrected chi connectivity index (χ2v) is 5.38. The maximum atomic E-state index is 11.9. The van der Waals surface area contributed by atoms with Gasteiger partial charge in [-0.25, -0.2) is 0 Å². The molecule has 0 amide bonds. The van der Waals surface area contributed by atoms with Crippen LogP contribution in [0.4, 0.5) is 0 Å². The molecule has 0 aliphatic heterocycles. The highest BCUT2D eigenvalue weighted by molar-refractivity contribution is 6.42. The van der Waals surface area contributed by atoms with E-state index in [2.05, 4.69) is 4.99 Å². The van der Waals surface area contributed by atoms with E-state index in [1.807, 2.05) is 6.07 Å². The fourth-order valence-corrected chi connectivity index (χ4v) is 2.10. The lowest BCUT2D eigenvalue weighted by atomic mass is 10.1. The van der Waals surface area contributed by atoms with Crippen molar-refractivity contribution in [1.82, 2.24) is 0 Å². The van der Waals surface area contributed by atoms with E-state index in [4.69, 9.17) is 23.2 Å². The minimum Gasteiger partial charge on any atom is -0.294 e. The van der Waals surface area contributed by atoms with Gasteiger partial charge in [0.1, 0.15) is 6.54 Å². The maximum absolute atomic E-state index is 11.9. The lowest BCUT2D eigenvalue weighted by Crippen LogP contribution is -2.04. The first kappa shape index (κ1) is 16.4. The van der Waals surface area contributed by atoms with Gasteiger partial charge in [0.05, 0.1) is 10.0 Å². The molecule has 0 N–H and O–H groups in total. The molecular weight excluding hydrogens is 321 g/mol. The molecule has 2 aromatic carbocycles. The zero-order valence-corrected chi connectivity index (χ0v) is 13.1. The number of hydrogen-bond acceptors (Lipinski definition) is 3. The van der Waals surface area contributed by atoms with E-state index < -0.39 is 0 Å². The minimum atomic E-state index is -0.130. The number of hydrogen-bond donors (Lipinski definition) is 0. The van der Waals surface area contributed by atoms with Crippen LogP contribution in [0.15, 0.2) is 53.5 Å². The number of ketones is 2. The molecule has 22 heavy (non-hydrogen) atoms. The van der Waals surface area contributed by atoms with Crippen LogP contribution in [0.5, 0.6) is 0 Å². The summed E-state index contributed by atoms with van der Waals surface area (Å²) in [6.07, 6.45) is 1.56. The molecule has 0 saturated heterocycles. The Balaban J connectivity index is 1.88. The van der Waals surface area contributed by atoms with E-state index in [9.17, 15) is 9.59 Å². The van der Waals surface area contributed by atoms with E-state index in [1.165, 1.54) is 12.3 Å². The summed E-state index contributed by atoms with van der Waals surface area (Å²) in [5.41, 5.74) is 1.07. The third-order valence-electron chi connectivity index (χ3n) is 2.98. The number of Topliss-reactive ketones (excluding diaryl/α,β-unsaturated/α-hetero) is 2. The largest absolute Gasteiger partial charge is 0.294 e. The summed E-state index contributed by atoms with van der Waals surface area (Å²) in [6, 6.07) is 13.6. The summed E-state index contributed by atoms with van der Waals surface area (Å²) in [5, 5.41) is 0.740. The number of halogens is 2. The summed E-state index contributed by atoms with van der Waals surface area (Å²) >= 11 is 11.7. The van der Waals surface area contributed by atoms with Gasteiger partial charge in [-0.05, 0) is 18.2 Å². The summed E-state index contributed by atoms with van der Waals surface area (Å²) < 4.78 is 0. The zero-order chi connectivity index (χ0) is 15.9. The van der Waals surface area contributed by atoms with Gasteiger partial charge in [-0.2, -0.15) is 0 Å². The van der Waals surface area contributed by atoms with E-state index in [1.54, 1.807) is 36.4 Å². The fourth-order valence-electron chi connectivity index (χ4n) is 1.80. The second-order valence-electron chi connectivity index (χ2n) is 4.57. The standard InChI is InChI=1S/C17H13Cl2NO2/c18-14-7-6-13(10-15(14)19)16(21)8-9-20-11-17(22)12-4-2-1-3-5-12/h1-7,9-10H,8,11H2. The fraction of sp³-hybridized carbons (Fsp3) is 0.118.